The van der Waals surface area contributed by atoms with Gasteiger partial charge in [-0.1, -0.05) is 36.4 Å². The third-order valence-corrected chi connectivity index (χ3v) is 5.75. The Hall–Kier alpha value is -3.41. The smallest absolute Gasteiger partial charge is 0.278 e. The van der Waals surface area contributed by atoms with Gasteiger partial charge in [0.15, 0.2) is 5.69 Å². The molecule has 1 aliphatic rings. The van der Waals surface area contributed by atoms with Gasteiger partial charge in [-0.15, -0.1) is 0 Å². The van der Waals surface area contributed by atoms with Gasteiger partial charge >= 0.3 is 0 Å². The molecule has 2 aromatic carbocycles. The molecule has 31 heavy (non-hydrogen) atoms. The third-order valence-electron chi connectivity index (χ3n) is 5.75. The van der Waals surface area contributed by atoms with E-state index in [1.54, 1.807) is 16.6 Å². The fourth-order valence-electron chi connectivity index (χ4n) is 4.12. The second-order valence-electron chi connectivity index (χ2n) is 8.08. The number of piperidine rings is 1. The molecule has 1 saturated heterocycles. The molecular formula is C25H28N4O2. The van der Waals surface area contributed by atoms with E-state index in [4.69, 9.17) is 0 Å². The van der Waals surface area contributed by atoms with Gasteiger partial charge in [-0.2, -0.15) is 5.10 Å². The minimum atomic E-state index is -0.372. The fourth-order valence-corrected chi connectivity index (χ4v) is 4.12. The molecule has 0 radical (unpaired) electrons. The average molecular weight is 417 g/mol. The van der Waals surface area contributed by atoms with Gasteiger partial charge < -0.3 is 9.80 Å². The van der Waals surface area contributed by atoms with Crippen LogP contribution in [0.25, 0.3) is 5.69 Å². The van der Waals surface area contributed by atoms with Crippen LogP contribution in [0.2, 0.25) is 0 Å². The molecule has 2 heterocycles. The zero-order valence-corrected chi connectivity index (χ0v) is 18.1. The highest BCUT2D eigenvalue weighted by molar-refractivity contribution is 5.92. The molecule has 0 bridgehead atoms. The highest BCUT2D eigenvalue weighted by Gasteiger charge is 2.21. The zero-order valence-electron chi connectivity index (χ0n) is 18.1. The van der Waals surface area contributed by atoms with Crippen LogP contribution in [0.1, 0.15) is 41.0 Å². The molecule has 1 amide bonds. The minimum Gasteiger partial charge on any atom is -0.371 e. The second kappa shape index (κ2) is 9.16. The molecule has 4 rings (SSSR count). The highest BCUT2D eigenvalue weighted by Crippen LogP contribution is 2.25. The van der Waals surface area contributed by atoms with Crippen molar-refractivity contribution in [2.24, 2.45) is 0 Å². The van der Waals surface area contributed by atoms with Crippen molar-refractivity contribution in [1.29, 1.82) is 0 Å². The predicted molar refractivity (Wildman–Crippen MR) is 123 cm³/mol. The molecule has 0 aliphatic carbocycles. The maximum absolute atomic E-state index is 13.2. The summed E-state index contributed by atoms with van der Waals surface area (Å²) in [5, 5.41) is 4.42. The van der Waals surface area contributed by atoms with Crippen molar-refractivity contribution in [2.45, 2.75) is 32.7 Å². The number of carbonyl (C=O) groups excluding carboxylic acids is 1. The first-order valence-corrected chi connectivity index (χ1v) is 10.8. The number of anilines is 1. The summed E-state index contributed by atoms with van der Waals surface area (Å²) in [6.45, 7) is 4.31. The van der Waals surface area contributed by atoms with Gasteiger partial charge in [0, 0.05) is 44.1 Å². The maximum atomic E-state index is 13.2. The largest absolute Gasteiger partial charge is 0.371 e. The van der Waals surface area contributed by atoms with Gasteiger partial charge in [-0.05, 0) is 49.9 Å². The summed E-state index contributed by atoms with van der Waals surface area (Å²) in [7, 11) is 1.73. The summed E-state index contributed by atoms with van der Waals surface area (Å²) in [6.07, 6.45) is 3.65. The predicted octanol–water partition coefficient (Wildman–Crippen LogP) is 3.80. The third kappa shape index (κ3) is 4.53. The molecule has 3 aromatic rings. The van der Waals surface area contributed by atoms with Crippen molar-refractivity contribution in [3.8, 4) is 5.69 Å². The number of aryl methyl sites for hydroxylation is 1. The lowest BCUT2D eigenvalue weighted by molar-refractivity contribution is 0.0776. The van der Waals surface area contributed by atoms with Crippen molar-refractivity contribution in [2.75, 3.05) is 25.0 Å². The lowest BCUT2D eigenvalue weighted by Crippen LogP contribution is -2.34. The van der Waals surface area contributed by atoms with Crippen LogP contribution < -0.4 is 10.3 Å². The monoisotopic (exact) mass is 416 g/mol. The lowest BCUT2D eigenvalue weighted by Gasteiger charge is -2.31. The Morgan fingerprint density at radius 2 is 1.68 bits per heavy atom. The average Bonchev–Trinajstić information content (AvgIpc) is 2.80. The summed E-state index contributed by atoms with van der Waals surface area (Å²) in [5.74, 6) is -0.372. The summed E-state index contributed by atoms with van der Waals surface area (Å²) >= 11 is 0. The van der Waals surface area contributed by atoms with Crippen LogP contribution in [-0.2, 0) is 6.54 Å². The topological polar surface area (TPSA) is 58.4 Å². The molecule has 1 fully saturated rings. The minimum absolute atomic E-state index is 0.0626. The van der Waals surface area contributed by atoms with E-state index < -0.39 is 0 Å². The normalized spacial score (nSPS) is 13.8. The molecule has 160 valence electrons. The lowest BCUT2D eigenvalue weighted by atomic mass is 10.1. The van der Waals surface area contributed by atoms with Crippen LogP contribution in [0.5, 0.6) is 0 Å². The molecule has 0 spiro atoms. The van der Waals surface area contributed by atoms with Gasteiger partial charge in [-0.3, -0.25) is 9.59 Å². The maximum Gasteiger partial charge on any atom is 0.278 e. The number of benzene rings is 2. The van der Waals surface area contributed by atoms with E-state index in [1.165, 1.54) is 31.0 Å². The standard InChI is InChI=1S/C25H28N4O2/c1-19-17-23(30)24(26-29(19)21-12-5-3-6-13-21)25(31)27(2)18-20-11-7-8-14-22(20)28-15-9-4-10-16-28/h3,5-8,11-14,17H,4,9-10,15-16,18H2,1-2H3. The molecule has 0 atom stereocenters. The number of hydrogen-bond acceptors (Lipinski definition) is 4. The van der Waals surface area contributed by atoms with Crippen molar-refractivity contribution in [1.82, 2.24) is 14.7 Å². The van der Waals surface area contributed by atoms with E-state index in [-0.39, 0.29) is 17.0 Å². The van der Waals surface area contributed by atoms with Gasteiger partial charge in [0.25, 0.3) is 5.91 Å². The Morgan fingerprint density at radius 1 is 1.00 bits per heavy atom. The van der Waals surface area contributed by atoms with Crippen molar-refractivity contribution in [3.05, 3.63) is 87.8 Å². The molecule has 6 heteroatoms. The zero-order chi connectivity index (χ0) is 21.8. The molecule has 0 unspecified atom stereocenters. The molecular weight excluding hydrogens is 388 g/mol. The fraction of sp³-hybridized carbons (Fsp3) is 0.320. The Balaban J connectivity index is 1.60. The second-order valence-corrected chi connectivity index (χ2v) is 8.08. The summed E-state index contributed by atoms with van der Waals surface area (Å²) in [6, 6.07) is 19.2. The summed E-state index contributed by atoms with van der Waals surface area (Å²) in [4.78, 5) is 29.8. The first kappa shape index (κ1) is 20.8. The SMILES string of the molecule is Cc1cc(=O)c(C(=O)N(C)Cc2ccccc2N2CCCCC2)nn1-c1ccccc1. The molecule has 0 saturated carbocycles. The number of hydrogen-bond donors (Lipinski definition) is 0. The first-order valence-electron chi connectivity index (χ1n) is 10.8. The van der Waals surface area contributed by atoms with Crippen LogP contribution >= 0.6 is 0 Å². The molecule has 1 aromatic heterocycles. The van der Waals surface area contributed by atoms with Gasteiger partial charge in [-0.25, -0.2) is 4.68 Å². The van der Waals surface area contributed by atoms with E-state index >= 15 is 0 Å². The van der Waals surface area contributed by atoms with E-state index in [9.17, 15) is 9.59 Å². The van der Waals surface area contributed by atoms with Crippen LogP contribution in [0.3, 0.4) is 0 Å². The van der Waals surface area contributed by atoms with Crippen molar-refractivity contribution in [3.63, 3.8) is 0 Å². The summed E-state index contributed by atoms with van der Waals surface area (Å²) < 4.78 is 1.64. The number of nitrogens with zero attached hydrogens (tertiary/aromatic N) is 4. The van der Waals surface area contributed by atoms with Crippen molar-refractivity contribution < 1.29 is 4.79 Å². The molecule has 1 aliphatic heterocycles. The first-order chi connectivity index (χ1) is 15.0. The number of amides is 1. The van der Waals surface area contributed by atoms with E-state index in [0.717, 1.165) is 24.3 Å². The number of rotatable bonds is 5. The van der Waals surface area contributed by atoms with Gasteiger partial charge in [0.05, 0.1) is 5.69 Å². The van der Waals surface area contributed by atoms with Crippen LogP contribution in [0.15, 0.2) is 65.5 Å². The van der Waals surface area contributed by atoms with Crippen LogP contribution in [0, 0.1) is 6.92 Å². The molecule has 6 nitrogen and oxygen atoms in total. The molecule has 0 N–H and O–H groups in total. The summed E-state index contributed by atoms with van der Waals surface area (Å²) in [5.41, 5.74) is 3.33. The Labute approximate surface area is 182 Å². The van der Waals surface area contributed by atoms with E-state index in [0.29, 0.717) is 12.2 Å². The van der Waals surface area contributed by atoms with E-state index in [1.807, 2.05) is 49.4 Å². The Bertz CT molecular complexity index is 1120. The quantitative estimate of drug-likeness (QED) is 0.635. The van der Waals surface area contributed by atoms with Gasteiger partial charge in [0.1, 0.15) is 0 Å². The van der Waals surface area contributed by atoms with Crippen molar-refractivity contribution >= 4 is 11.6 Å². The Kier molecular flexibility index (Phi) is 6.16. The van der Waals surface area contributed by atoms with Gasteiger partial charge in [0.2, 0.25) is 5.43 Å². The van der Waals surface area contributed by atoms with Crippen LogP contribution in [-0.4, -0.2) is 40.7 Å². The van der Waals surface area contributed by atoms with Crippen LogP contribution in [0.4, 0.5) is 5.69 Å². The number of aromatic nitrogens is 2. The van der Waals surface area contributed by atoms with E-state index in [2.05, 4.69) is 22.1 Å². The number of para-hydroxylation sites is 2. The number of carbonyl (C=O) groups is 1. The Morgan fingerprint density at radius 3 is 2.42 bits per heavy atom. The highest BCUT2D eigenvalue weighted by atomic mass is 16.2.